The average molecular weight is 454 g/mol. The van der Waals surface area contributed by atoms with Crippen molar-refractivity contribution in [3.05, 3.63) is 39.8 Å². The first-order valence-electron chi connectivity index (χ1n) is 12.0. The summed E-state index contributed by atoms with van der Waals surface area (Å²) >= 11 is 0. The summed E-state index contributed by atoms with van der Waals surface area (Å²) in [4.78, 5) is 15.4. The topological polar surface area (TPSA) is 95.5 Å². The summed E-state index contributed by atoms with van der Waals surface area (Å²) in [5, 5.41) is 12.9. The molecule has 5 rings (SSSR count). The van der Waals surface area contributed by atoms with Gasteiger partial charge in [-0.05, 0) is 48.2 Å². The van der Waals surface area contributed by atoms with Gasteiger partial charge in [0.2, 0.25) is 17.1 Å². The third kappa shape index (κ3) is 4.59. The van der Waals surface area contributed by atoms with Crippen LogP contribution in [-0.4, -0.2) is 53.1 Å². The van der Waals surface area contributed by atoms with Crippen molar-refractivity contribution in [1.82, 2.24) is 20.2 Å². The first-order valence-corrected chi connectivity index (χ1v) is 12.0. The van der Waals surface area contributed by atoms with Crippen molar-refractivity contribution in [3.63, 3.8) is 0 Å². The molecule has 0 radical (unpaired) electrons. The van der Waals surface area contributed by atoms with E-state index in [2.05, 4.69) is 15.5 Å². The normalized spacial score (nSPS) is 17.5. The number of benzene rings is 1. The highest BCUT2D eigenvalue weighted by molar-refractivity contribution is 5.83. The van der Waals surface area contributed by atoms with E-state index in [4.69, 9.17) is 13.9 Å². The Labute approximate surface area is 192 Å². The highest BCUT2D eigenvalue weighted by atomic mass is 16.5. The lowest BCUT2D eigenvalue weighted by atomic mass is 9.95. The summed E-state index contributed by atoms with van der Waals surface area (Å²) in [6.45, 7) is 4.85. The van der Waals surface area contributed by atoms with Crippen LogP contribution in [0, 0.1) is 6.92 Å². The van der Waals surface area contributed by atoms with E-state index < -0.39 is 0 Å². The highest BCUT2D eigenvalue weighted by Gasteiger charge is 2.24. The number of rotatable bonds is 7. The van der Waals surface area contributed by atoms with E-state index in [-0.39, 0.29) is 11.2 Å². The number of tetrazole rings is 1. The molecule has 2 aliphatic rings. The van der Waals surface area contributed by atoms with Crippen molar-refractivity contribution in [1.29, 1.82) is 0 Å². The van der Waals surface area contributed by atoms with E-state index in [0.29, 0.717) is 68.6 Å². The van der Waals surface area contributed by atoms with Gasteiger partial charge in [0.15, 0.2) is 5.82 Å². The van der Waals surface area contributed by atoms with Crippen LogP contribution in [0.15, 0.2) is 27.4 Å². The van der Waals surface area contributed by atoms with Crippen LogP contribution in [0.4, 0.5) is 5.88 Å². The molecular weight excluding hydrogens is 422 g/mol. The van der Waals surface area contributed by atoms with Crippen molar-refractivity contribution in [2.75, 3.05) is 37.8 Å². The molecule has 176 valence electrons. The lowest BCUT2D eigenvalue weighted by Gasteiger charge is -2.28. The quantitative estimate of drug-likeness (QED) is 0.502. The summed E-state index contributed by atoms with van der Waals surface area (Å²) in [6, 6.07) is 6.01. The molecule has 0 spiro atoms. The van der Waals surface area contributed by atoms with Crippen LogP contribution in [-0.2, 0) is 11.2 Å². The zero-order valence-electron chi connectivity index (χ0n) is 19.2. The fourth-order valence-electron chi connectivity index (χ4n) is 4.82. The number of nitrogens with zero attached hydrogens (tertiary/aromatic N) is 5. The lowest BCUT2D eigenvalue weighted by molar-refractivity contribution is 0.120. The number of morpholine rings is 1. The minimum atomic E-state index is -0.131. The van der Waals surface area contributed by atoms with Crippen LogP contribution < -0.4 is 15.1 Å². The molecule has 2 aromatic heterocycles. The Balaban J connectivity index is 1.33. The summed E-state index contributed by atoms with van der Waals surface area (Å²) in [5.41, 5.74) is 1.41. The largest absolute Gasteiger partial charge is 0.485 e. The monoisotopic (exact) mass is 453 g/mol. The Kier molecular flexibility index (Phi) is 6.57. The molecule has 1 aliphatic carbocycles. The summed E-state index contributed by atoms with van der Waals surface area (Å²) in [5.74, 6) is 1.67. The number of hydrogen-bond acceptors (Lipinski definition) is 8. The summed E-state index contributed by atoms with van der Waals surface area (Å²) in [7, 11) is 0. The molecular formula is C24H31N5O4. The summed E-state index contributed by atoms with van der Waals surface area (Å²) in [6.07, 6.45) is 7.43. The van der Waals surface area contributed by atoms with Crippen molar-refractivity contribution >= 4 is 16.9 Å². The molecule has 1 aliphatic heterocycles. The van der Waals surface area contributed by atoms with Gasteiger partial charge in [0.1, 0.15) is 5.58 Å². The number of anilines is 1. The number of aromatic nitrogens is 4. The van der Waals surface area contributed by atoms with Gasteiger partial charge in [0.25, 0.3) is 0 Å². The maximum atomic E-state index is 13.3. The smallest absolute Gasteiger partial charge is 0.243 e. The SMILES string of the molecule is Cc1cccc2c(=O)c(OCCCc3nnnn3C3CCCCC3)c(N3CCOCC3)oc12. The van der Waals surface area contributed by atoms with Gasteiger partial charge in [-0.15, -0.1) is 5.10 Å². The standard InChI is InChI=1S/C24H31N5O4/c1-17-7-5-10-19-21(30)23(24(33-22(17)19)28-12-15-31-16-13-28)32-14-6-11-20-25-26-27-29(20)18-8-3-2-4-9-18/h5,7,10,18H,2-4,6,8-9,11-16H2,1H3. The molecule has 3 heterocycles. The van der Waals surface area contributed by atoms with E-state index in [1.807, 2.05) is 28.6 Å². The Morgan fingerprint density at radius 1 is 1.15 bits per heavy atom. The molecule has 0 amide bonds. The van der Waals surface area contributed by atoms with Gasteiger partial charge in [0.05, 0.1) is 31.2 Å². The fraction of sp³-hybridized carbons (Fsp3) is 0.583. The molecule has 0 atom stereocenters. The lowest BCUT2D eigenvalue weighted by Crippen LogP contribution is -2.37. The van der Waals surface area contributed by atoms with Gasteiger partial charge >= 0.3 is 0 Å². The molecule has 0 unspecified atom stereocenters. The number of ether oxygens (including phenoxy) is 2. The third-order valence-corrected chi connectivity index (χ3v) is 6.63. The van der Waals surface area contributed by atoms with Gasteiger partial charge < -0.3 is 18.8 Å². The molecule has 9 nitrogen and oxygen atoms in total. The molecule has 0 bridgehead atoms. The van der Waals surface area contributed by atoms with E-state index >= 15 is 0 Å². The van der Waals surface area contributed by atoms with E-state index in [1.165, 1.54) is 19.3 Å². The third-order valence-electron chi connectivity index (χ3n) is 6.63. The van der Waals surface area contributed by atoms with Gasteiger partial charge in [0, 0.05) is 19.5 Å². The Morgan fingerprint density at radius 2 is 1.97 bits per heavy atom. The minimum Gasteiger partial charge on any atom is -0.485 e. The predicted octanol–water partition coefficient (Wildman–Crippen LogP) is 3.44. The number of aryl methyl sites for hydroxylation is 2. The van der Waals surface area contributed by atoms with Crippen molar-refractivity contribution < 1.29 is 13.9 Å². The molecule has 1 saturated carbocycles. The second-order valence-corrected chi connectivity index (χ2v) is 8.90. The molecule has 1 aromatic carbocycles. The number of para-hydroxylation sites is 1. The molecule has 2 fully saturated rings. The van der Waals surface area contributed by atoms with Crippen molar-refractivity contribution in [2.45, 2.75) is 57.9 Å². The van der Waals surface area contributed by atoms with Crippen LogP contribution in [0.1, 0.15) is 56.0 Å². The van der Waals surface area contributed by atoms with Crippen molar-refractivity contribution in [2.24, 2.45) is 0 Å². The van der Waals surface area contributed by atoms with Gasteiger partial charge in [-0.2, -0.15) is 0 Å². The molecule has 3 aromatic rings. The minimum absolute atomic E-state index is 0.131. The van der Waals surface area contributed by atoms with Crippen LogP contribution in [0.25, 0.3) is 11.0 Å². The maximum Gasteiger partial charge on any atom is 0.243 e. The van der Waals surface area contributed by atoms with Gasteiger partial charge in [-0.1, -0.05) is 31.4 Å². The molecule has 9 heteroatoms. The van der Waals surface area contributed by atoms with Crippen LogP contribution >= 0.6 is 0 Å². The van der Waals surface area contributed by atoms with E-state index in [1.54, 1.807) is 6.07 Å². The average Bonchev–Trinajstić information content (AvgIpc) is 3.33. The van der Waals surface area contributed by atoms with E-state index in [0.717, 1.165) is 24.2 Å². The van der Waals surface area contributed by atoms with Crippen LogP contribution in [0.2, 0.25) is 0 Å². The van der Waals surface area contributed by atoms with Crippen molar-refractivity contribution in [3.8, 4) is 5.75 Å². The molecule has 1 saturated heterocycles. The maximum absolute atomic E-state index is 13.3. The number of hydrogen-bond donors (Lipinski definition) is 0. The predicted molar refractivity (Wildman–Crippen MR) is 124 cm³/mol. The first kappa shape index (κ1) is 21.9. The Bertz CT molecular complexity index is 1150. The second-order valence-electron chi connectivity index (χ2n) is 8.90. The highest BCUT2D eigenvalue weighted by Crippen LogP contribution is 2.32. The molecule has 0 N–H and O–H groups in total. The van der Waals surface area contributed by atoms with Crippen LogP contribution in [0.3, 0.4) is 0 Å². The van der Waals surface area contributed by atoms with Gasteiger partial charge in [-0.3, -0.25) is 4.79 Å². The zero-order valence-corrected chi connectivity index (χ0v) is 19.2. The van der Waals surface area contributed by atoms with Crippen LogP contribution in [0.5, 0.6) is 5.75 Å². The number of fused-ring (bicyclic) bond motifs is 1. The van der Waals surface area contributed by atoms with E-state index in [9.17, 15) is 4.79 Å². The summed E-state index contributed by atoms with van der Waals surface area (Å²) < 4.78 is 19.8. The molecule has 33 heavy (non-hydrogen) atoms. The first-order chi connectivity index (χ1) is 16.2. The second kappa shape index (κ2) is 9.91. The Hall–Kier alpha value is -2.94. The van der Waals surface area contributed by atoms with Gasteiger partial charge in [-0.25, -0.2) is 4.68 Å². The Morgan fingerprint density at radius 3 is 2.79 bits per heavy atom. The fourth-order valence-corrected chi connectivity index (χ4v) is 4.82. The zero-order chi connectivity index (χ0) is 22.6.